The minimum Gasteiger partial charge on any atom is -0.309 e. The molecule has 0 saturated heterocycles. The van der Waals surface area contributed by atoms with E-state index in [1.807, 2.05) is 42.5 Å². The highest BCUT2D eigenvalue weighted by molar-refractivity contribution is 6.09. The van der Waals surface area contributed by atoms with Crippen molar-refractivity contribution in [1.82, 2.24) is 4.57 Å². The Bertz CT molecular complexity index is 2250. The van der Waals surface area contributed by atoms with Gasteiger partial charge in [-0.05, 0) is 81.4 Å². The van der Waals surface area contributed by atoms with Crippen molar-refractivity contribution in [3.63, 3.8) is 0 Å². The lowest BCUT2D eigenvalue weighted by atomic mass is 9.87. The van der Waals surface area contributed by atoms with Gasteiger partial charge in [0.05, 0.1) is 34.3 Å². The summed E-state index contributed by atoms with van der Waals surface area (Å²) in [5.41, 5.74) is 12.7. The number of rotatable bonds is 3. The Balaban J connectivity index is 1.31. The Hall–Kier alpha value is -5.90. The smallest absolute Gasteiger partial charge is 0.0992 e. The van der Waals surface area contributed by atoms with Crippen molar-refractivity contribution in [2.24, 2.45) is 0 Å². The van der Waals surface area contributed by atoms with Crippen molar-refractivity contribution < 1.29 is 0 Å². The summed E-state index contributed by atoms with van der Waals surface area (Å²) in [7, 11) is 0. The van der Waals surface area contributed by atoms with E-state index in [-0.39, 0.29) is 5.92 Å². The van der Waals surface area contributed by atoms with Crippen LogP contribution < -0.4 is 0 Å². The van der Waals surface area contributed by atoms with Crippen molar-refractivity contribution in [2.45, 2.75) is 5.92 Å². The number of nitrogens with zero attached hydrogens (tertiary/aromatic N) is 3. The summed E-state index contributed by atoms with van der Waals surface area (Å²) in [4.78, 5) is 0. The number of fused-ring (bicyclic) bond motifs is 6. The number of aromatic nitrogens is 1. The van der Waals surface area contributed by atoms with Crippen LogP contribution in [0, 0.1) is 22.7 Å². The zero-order valence-electron chi connectivity index (χ0n) is 22.6. The van der Waals surface area contributed by atoms with Gasteiger partial charge in [-0.1, -0.05) is 91.0 Å². The molecule has 1 heterocycles. The highest BCUT2D eigenvalue weighted by Gasteiger charge is 2.29. The Labute approximate surface area is 243 Å². The van der Waals surface area contributed by atoms with E-state index in [0.717, 1.165) is 38.6 Å². The molecule has 42 heavy (non-hydrogen) atoms. The van der Waals surface area contributed by atoms with Crippen molar-refractivity contribution in [3.8, 4) is 40.1 Å². The Morgan fingerprint density at radius 1 is 0.500 bits per heavy atom. The zero-order valence-corrected chi connectivity index (χ0v) is 22.6. The molecule has 0 N–H and O–H groups in total. The van der Waals surface area contributed by atoms with Gasteiger partial charge in [0.25, 0.3) is 0 Å². The molecule has 1 aromatic heterocycles. The predicted octanol–water partition coefficient (Wildman–Crippen LogP) is 9.35. The molecule has 0 amide bonds. The fourth-order valence-electron chi connectivity index (χ4n) is 6.70. The van der Waals surface area contributed by atoms with E-state index >= 15 is 0 Å². The molecule has 8 rings (SSSR count). The van der Waals surface area contributed by atoms with Gasteiger partial charge in [-0.2, -0.15) is 10.5 Å². The van der Waals surface area contributed by atoms with Crippen LogP contribution in [0.3, 0.4) is 0 Å². The first-order valence-corrected chi connectivity index (χ1v) is 14.0. The standard InChI is InChI=1S/C39H23N3/c40-23-25-16-17-38-36(20-25)33-12-5-6-15-37(33)42(38)30-19-26(24-41)18-29(22-30)27-8-7-9-28(21-27)39-34-13-3-1-10-31(34)32-11-2-4-14-35(32)39/h1-22,39H. The molecule has 0 radical (unpaired) electrons. The molecule has 0 unspecified atom stereocenters. The molecule has 3 heteroatoms. The third kappa shape index (κ3) is 3.58. The van der Waals surface area contributed by atoms with E-state index < -0.39 is 0 Å². The van der Waals surface area contributed by atoms with Crippen LogP contribution in [0.4, 0.5) is 0 Å². The fraction of sp³-hybridized carbons (Fsp3) is 0.0256. The molecule has 0 aliphatic heterocycles. The molecular weight excluding hydrogens is 510 g/mol. The van der Waals surface area contributed by atoms with Crippen molar-refractivity contribution in [1.29, 1.82) is 10.5 Å². The second kappa shape index (κ2) is 9.34. The summed E-state index contributed by atoms with van der Waals surface area (Å²) in [5, 5.41) is 21.7. The summed E-state index contributed by atoms with van der Waals surface area (Å²) in [6.07, 6.45) is 0. The fourth-order valence-corrected chi connectivity index (χ4v) is 6.70. The molecule has 3 nitrogen and oxygen atoms in total. The van der Waals surface area contributed by atoms with E-state index in [4.69, 9.17) is 0 Å². The maximum atomic E-state index is 10.1. The average molecular weight is 534 g/mol. The summed E-state index contributed by atoms with van der Waals surface area (Å²) >= 11 is 0. The van der Waals surface area contributed by atoms with Crippen molar-refractivity contribution in [3.05, 3.63) is 161 Å². The second-order valence-electron chi connectivity index (χ2n) is 10.8. The van der Waals surface area contributed by atoms with Crippen LogP contribution in [0.1, 0.15) is 33.7 Å². The van der Waals surface area contributed by atoms with Gasteiger partial charge in [-0.25, -0.2) is 0 Å². The van der Waals surface area contributed by atoms with E-state index in [9.17, 15) is 10.5 Å². The maximum absolute atomic E-state index is 10.1. The molecule has 0 fully saturated rings. The maximum Gasteiger partial charge on any atom is 0.0992 e. The van der Waals surface area contributed by atoms with Crippen LogP contribution in [-0.2, 0) is 0 Å². The molecule has 0 atom stereocenters. The van der Waals surface area contributed by atoms with Gasteiger partial charge in [0.15, 0.2) is 0 Å². The molecule has 6 aromatic carbocycles. The number of benzene rings is 6. The monoisotopic (exact) mass is 533 g/mol. The minimum atomic E-state index is 0.155. The lowest BCUT2D eigenvalue weighted by molar-refractivity contribution is 1.02. The summed E-state index contributed by atoms with van der Waals surface area (Å²) in [5.74, 6) is 0.155. The van der Waals surface area contributed by atoms with E-state index in [0.29, 0.717) is 11.1 Å². The van der Waals surface area contributed by atoms with Crippen LogP contribution in [-0.4, -0.2) is 4.57 Å². The normalized spacial score (nSPS) is 12.1. The number of nitriles is 2. The van der Waals surface area contributed by atoms with Gasteiger partial charge in [0, 0.05) is 22.4 Å². The molecule has 0 spiro atoms. The lowest BCUT2D eigenvalue weighted by Crippen LogP contribution is -2.00. The van der Waals surface area contributed by atoms with E-state index in [1.165, 1.54) is 27.8 Å². The molecule has 1 aliphatic rings. The lowest BCUT2D eigenvalue weighted by Gasteiger charge is -2.16. The average Bonchev–Trinajstić information content (AvgIpc) is 3.57. The SMILES string of the molecule is N#Cc1cc(-c2cccc(C3c4ccccc4-c4ccccc43)c2)cc(-n2c3ccccc3c3cc(C#N)ccc32)c1. The Morgan fingerprint density at radius 3 is 1.95 bits per heavy atom. The molecule has 7 aromatic rings. The zero-order chi connectivity index (χ0) is 28.2. The summed E-state index contributed by atoms with van der Waals surface area (Å²) < 4.78 is 2.20. The summed E-state index contributed by atoms with van der Waals surface area (Å²) in [6, 6.07) is 50.9. The molecule has 1 aliphatic carbocycles. The molecule has 0 bridgehead atoms. The van der Waals surface area contributed by atoms with Gasteiger partial charge < -0.3 is 4.57 Å². The number of para-hydroxylation sites is 1. The van der Waals surface area contributed by atoms with Crippen LogP contribution in [0.2, 0.25) is 0 Å². The largest absolute Gasteiger partial charge is 0.309 e. The first-order chi connectivity index (χ1) is 20.7. The Morgan fingerprint density at radius 2 is 1.19 bits per heavy atom. The van der Waals surface area contributed by atoms with Gasteiger partial charge in [-0.15, -0.1) is 0 Å². The molecule has 194 valence electrons. The topological polar surface area (TPSA) is 52.5 Å². The highest BCUT2D eigenvalue weighted by atomic mass is 15.0. The second-order valence-corrected chi connectivity index (χ2v) is 10.8. The minimum absolute atomic E-state index is 0.155. The van der Waals surface area contributed by atoms with E-state index in [1.54, 1.807) is 0 Å². The summed E-state index contributed by atoms with van der Waals surface area (Å²) in [6.45, 7) is 0. The van der Waals surface area contributed by atoms with Crippen LogP contribution in [0.5, 0.6) is 0 Å². The van der Waals surface area contributed by atoms with Crippen LogP contribution in [0.15, 0.2) is 133 Å². The first kappa shape index (κ1) is 23.9. The van der Waals surface area contributed by atoms with Gasteiger partial charge in [-0.3, -0.25) is 0 Å². The Kier molecular flexibility index (Phi) is 5.33. The number of hydrogen-bond acceptors (Lipinski definition) is 2. The highest BCUT2D eigenvalue weighted by Crippen LogP contribution is 2.48. The molecule has 0 saturated carbocycles. The quantitative estimate of drug-likeness (QED) is 0.227. The third-order valence-corrected chi connectivity index (χ3v) is 8.49. The van der Waals surface area contributed by atoms with E-state index in [2.05, 4.69) is 108 Å². The first-order valence-electron chi connectivity index (χ1n) is 14.0. The number of hydrogen-bond donors (Lipinski definition) is 0. The third-order valence-electron chi connectivity index (χ3n) is 8.49. The van der Waals surface area contributed by atoms with Gasteiger partial charge in [0.2, 0.25) is 0 Å². The predicted molar refractivity (Wildman–Crippen MR) is 168 cm³/mol. The van der Waals surface area contributed by atoms with Crippen molar-refractivity contribution >= 4 is 21.8 Å². The van der Waals surface area contributed by atoms with Gasteiger partial charge in [0.1, 0.15) is 0 Å². The van der Waals surface area contributed by atoms with Gasteiger partial charge >= 0.3 is 0 Å². The van der Waals surface area contributed by atoms with Crippen LogP contribution >= 0.6 is 0 Å². The van der Waals surface area contributed by atoms with Crippen LogP contribution in [0.25, 0.3) is 49.7 Å². The van der Waals surface area contributed by atoms with Crippen molar-refractivity contribution in [2.75, 3.05) is 0 Å². The molecular formula is C39H23N3.